The van der Waals surface area contributed by atoms with E-state index in [9.17, 15) is 4.79 Å². The number of hydrogen-bond acceptors (Lipinski definition) is 4. The normalized spacial score (nSPS) is 30.1. The number of amides is 1. The zero-order chi connectivity index (χ0) is 14.4. The maximum absolute atomic E-state index is 12.5. The number of methoxy groups -OCH3 is 1. The summed E-state index contributed by atoms with van der Waals surface area (Å²) >= 11 is 0. The standard InChI is InChI=1S/C15H28N2O3/c1-19-7-8-20-11-12-5-6-17(10-12)15(18)14-4-2-3-13(14)9-16/h12-14H,2-11,16H2,1H3/t12?,13-,14-/m1/s1. The van der Waals surface area contributed by atoms with Crippen molar-refractivity contribution in [3.05, 3.63) is 0 Å². The maximum Gasteiger partial charge on any atom is 0.226 e. The van der Waals surface area contributed by atoms with Gasteiger partial charge in [0.2, 0.25) is 5.91 Å². The molecule has 116 valence electrons. The van der Waals surface area contributed by atoms with E-state index in [1.165, 1.54) is 0 Å². The van der Waals surface area contributed by atoms with Crippen LogP contribution in [0, 0.1) is 17.8 Å². The number of nitrogens with two attached hydrogens (primary N) is 1. The summed E-state index contributed by atoms with van der Waals surface area (Å²) in [5.74, 6) is 1.39. The minimum absolute atomic E-state index is 0.174. The van der Waals surface area contributed by atoms with E-state index < -0.39 is 0 Å². The Bertz CT molecular complexity index is 311. The highest BCUT2D eigenvalue weighted by molar-refractivity contribution is 5.79. The smallest absolute Gasteiger partial charge is 0.226 e. The van der Waals surface area contributed by atoms with Gasteiger partial charge < -0.3 is 20.1 Å². The summed E-state index contributed by atoms with van der Waals surface area (Å²) in [4.78, 5) is 14.6. The lowest BCUT2D eigenvalue weighted by Gasteiger charge is -2.24. The Morgan fingerprint density at radius 3 is 2.90 bits per heavy atom. The van der Waals surface area contributed by atoms with Crippen LogP contribution in [0.3, 0.4) is 0 Å². The van der Waals surface area contributed by atoms with Crippen LogP contribution in [0.2, 0.25) is 0 Å². The van der Waals surface area contributed by atoms with Crippen molar-refractivity contribution in [2.75, 3.05) is 46.6 Å². The molecule has 0 aromatic rings. The van der Waals surface area contributed by atoms with Gasteiger partial charge in [-0.1, -0.05) is 6.42 Å². The van der Waals surface area contributed by atoms with E-state index in [4.69, 9.17) is 15.2 Å². The van der Waals surface area contributed by atoms with Gasteiger partial charge in [0.05, 0.1) is 19.8 Å². The van der Waals surface area contributed by atoms with Gasteiger partial charge in [0.25, 0.3) is 0 Å². The molecule has 1 saturated carbocycles. The quantitative estimate of drug-likeness (QED) is 0.705. The second kappa shape index (κ2) is 7.96. The topological polar surface area (TPSA) is 64.8 Å². The molecular weight excluding hydrogens is 256 g/mol. The van der Waals surface area contributed by atoms with E-state index >= 15 is 0 Å². The molecule has 1 saturated heterocycles. The summed E-state index contributed by atoms with van der Waals surface area (Å²) in [5.41, 5.74) is 5.78. The Labute approximate surface area is 121 Å². The second-order valence-electron chi connectivity index (χ2n) is 6.04. The van der Waals surface area contributed by atoms with Gasteiger partial charge in [-0.25, -0.2) is 0 Å². The summed E-state index contributed by atoms with van der Waals surface area (Å²) < 4.78 is 10.5. The highest BCUT2D eigenvalue weighted by Crippen LogP contribution is 2.33. The number of nitrogens with zero attached hydrogens (tertiary/aromatic N) is 1. The van der Waals surface area contributed by atoms with Gasteiger partial charge >= 0.3 is 0 Å². The molecule has 2 N–H and O–H groups in total. The molecule has 0 aromatic carbocycles. The van der Waals surface area contributed by atoms with E-state index in [1.807, 2.05) is 4.90 Å². The lowest BCUT2D eigenvalue weighted by molar-refractivity contribution is -0.135. The highest BCUT2D eigenvalue weighted by atomic mass is 16.5. The summed E-state index contributed by atoms with van der Waals surface area (Å²) in [6.07, 6.45) is 4.34. The van der Waals surface area contributed by atoms with Gasteiger partial charge in [-0.3, -0.25) is 4.79 Å². The fourth-order valence-electron chi connectivity index (χ4n) is 3.44. The first-order valence-electron chi connectivity index (χ1n) is 7.81. The van der Waals surface area contributed by atoms with Crippen molar-refractivity contribution >= 4 is 5.91 Å². The highest BCUT2D eigenvalue weighted by Gasteiger charge is 2.37. The van der Waals surface area contributed by atoms with Crippen molar-refractivity contribution in [1.82, 2.24) is 4.90 Å². The molecule has 2 fully saturated rings. The fourth-order valence-corrected chi connectivity index (χ4v) is 3.44. The molecule has 2 aliphatic rings. The Morgan fingerprint density at radius 1 is 1.30 bits per heavy atom. The van der Waals surface area contributed by atoms with Crippen molar-refractivity contribution in [3.8, 4) is 0 Å². The van der Waals surface area contributed by atoms with Crippen LogP contribution in [0.1, 0.15) is 25.7 Å². The summed E-state index contributed by atoms with van der Waals surface area (Å²) in [7, 11) is 1.68. The molecule has 5 heteroatoms. The Kier molecular flexibility index (Phi) is 6.26. The monoisotopic (exact) mass is 284 g/mol. The lowest BCUT2D eigenvalue weighted by Crippen LogP contribution is -2.38. The molecule has 5 nitrogen and oxygen atoms in total. The van der Waals surface area contributed by atoms with Crippen molar-refractivity contribution in [1.29, 1.82) is 0 Å². The Morgan fingerprint density at radius 2 is 2.15 bits per heavy atom. The van der Waals surface area contributed by atoms with E-state index in [2.05, 4.69) is 0 Å². The van der Waals surface area contributed by atoms with Crippen molar-refractivity contribution in [3.63, 3.8) is 0 Å². The number of ether oxygens (including phenoxy) is 2. The minimum Gasteiger partial charge on any atom is -0.382 e. The Hall–Kier alpha value is -0.650. The summed E-state index contributed by atoms with van der Waals surface area (Å²) in [6.45, 7) is 4.38. The molecule has 2 rings (SSSR count). The van der Waals surface area contributed by atoms with Gasteiger partial charge in [-0.2, -0.15) is 0 Å². The molecule has 1 aliphatic heterocycles. The number of carbonyl (C=O) groups excluding carboxylic acids is 1. The third-order valence-electron chi connectivity index (χ3n) is 4.66. The molecule has 0 spiro atoms. The van der Waals surface area contributed by atoms with Crippen LogP contribution in [0.25, 0.3) is 0 Å². The van der Waals surface area contributed by atoms with E-state index in [-0.39, 0.29) is 5.92 Å². The van der Waals surface area contributed by atoms with Crippen molar-refractivity contribution < 1.29 is 14.3 Å². The molecule has 0 radical (unpaired) electrons. The fraction of sp³-hybridized carbons (Fsp3) is 0.933. The van der Waals surface area contributed by atoms with Crippen LogP contribution in [0.5, 0.6) is 0 Å². The molecule has 1 unspecified atom stereocenters. The van der Waals surface area contributed by atoms with Crippen LogP contribution < -0.4 is 5.73 Å². The van der Waals surface area contributed by atoms with Gasteiger partial charge in [0.15, 0.2) is 0 Å². The SMILES string of the molecule is COCCOCC1CCN(C(=O)[C@@H]2CCC[C@@H]2CN)C1. The van der Waals surface area contributed by atoms with E-state index in [1.54, 1.807) is 7.11 Å². The third-order valence-corrected chi connectivity index (χ3v) is 4.66. The largest absolute Gasteiger partial charge is 0.382 e. The van der Waals surface area contributed by atoms with Crippen LogP contribution >= 0.6 is 0 Å². The number of rotatable bonds is 7. The Balaban J connectivity index is 1.73. The summed E-state index contributed by atoms with van der Waals surface area (Å²) in [6, 6.07) is 0. The predicted octanol–water partition coefficient (Wildman–Crippen LogP) is 0.873. The molecule has 1 aliphatic carbocycles. The molecular formula is C15H28N2O3. The van der Waals surface area contributed by atoms with Crippen LogP contribution in [-0.4, -0.2) is 57.4 Å². The first kappa shape index (κ1) is 15.7. The van der Waals surface area contributed by atoms with Crippen LogP contribution in [-0.2, 0) is 14.3 Å². The first-order valence-corrected chi connectivity index (χ1v) is 7.81. The van der Waals surface area contributed by atoms with Gasteiger partial charge in [0.1, 0.15) is 0 Å². The predicted molar refractivity (Wildman–Crippen MR) is 77.3 cm³/mol. The van der Waals surface area contributed by atoms with E-state index in [0.29, 0.717) is 37.5 Å². The first-order chi connectivity index (χ1) is 9.76. The van der Waals surface area contributed by atoms with Gasteiger partial charge in [0, 0.05) is 32.0 Å². The average molecular weight is 284 g/mol. The zero-order valence-electron chi connectivity index (χ0n) is 12.6. The number of carbonyl (C=O) groups is 1. The molecule has 3 atom stereocenters. The average Bonchev–Trinajstić information content (AvgIpc) is 3.11. The van der Waals surface area contributed by atoms with Gasteiger partial charge in [-0.15, -0.1) is 0 Å². The number of likely N-dealkylation sites (tertiary alicyclic amines) is 1. The maximum atomic E-state index is 12.5. The summed E-state index contributed by atoms with van der Waals surface area (Å²) in [5, 5.41) is 0. The van der Waals surface area contributed by atoms with Crippen molar-refractivity contribution in [2.24, 2.45) is 23.5 Å². The van der Waals surface area contributed by atoms with Gasteiger partial charge in [-0.05, 0) is 31.7 Å². The van der Waals surface area contributed by atoms with Crippen molar-refractivity contribution in [2.45, 2.75) is 25.7 Å². The number of hydrogen-bond donors (Lipinski definition) is 1. The molecule has 1 amide bonds. The second-order valence-corrected chi connectivity index (χ2v) is 6.04. The van der Waals surface area contributed by atoms with E-state index in [0.717, 1.165) is 45.4 Å². The molecule has 1 heterocycles. The molecule has 0 bridgehead atoms. The minimum atomic E-state index is 0.174. The molecule has 20 heavy (non-hydrogen) atoms. The molecule has 0 aromatic heterocycles. The third kappa shape index (κ3) is 3.93. The zero-order valence-corrected chi connectivity index (χ0v) is 12.6. The lowest BCUT2D eigenvalue weighted by atomic mass is 9.95. The van der Waals surface area contributed by atoms with Crippen LogP contribution in [0.15, 0.2) is 0 Å². The van der Waals surface area contributed by atoms with Crippen LogP contribution in [0.4, 0.5) is 0 Å².